The molecule has 3 heteroatoms. The van der Waals surface area contributed by atoms with Crippen LogP contribution in [0.5, 0.6) is 0 Å². The molecule has 0 radical (unpaired) electrons. The Morgan fingerprint density at radius 3 is 2.75 bits per heavy atom. The van der Waals surface area contributed by atoms with E-state index in [1.165, 1.54) is 0 Å². The van der Waals surface area contributed by atoms with Gasteiger partial charge >= 0.3 is 0 Å². The highest BCUT2D eigenvalue weighted by Crippen LogP contribution is 1.92. The highest BCUT2D eigenvalue weighted by molar-refractivity contribution is 5.76. The fourth-order valence-electron chi connectivity index (χ4n) is 0.652. The van der Waals surface area contributed by atoms with E-state index in [2.05, 4.69) is 17.5 Å². The van der Waals surface area contributed by atoms with Crippen molar-refractivity contribution in [3.63, 3.8) is 0 Å². The van der Waals surface area contributed by atoms with Crippen LogP contribution in [0.1, 0.15) is 40.0 Å². The van der Waals surface area contributed by atoms with Gasteiger partial charge in [-0.2, -0.15) is 5.10 Å². The third kappa shape index (κ3) is 7.25. The van der Waals surface area contributed by atoms with E-state index < -0.39 is 0 Å². The van der Waals surface area contributed by atoms with Crippen LogP contribution < -0.4 is 5.43 Å². The lowest BCUT2D eigenvalue weighted by Crippen LogP contribution is -2.17. The van der Waals surface area contributed by atoms with Crippen molar-refractivity contribution in [3.8, 4) is 0 Å². The highest BCUT2D eigenvalue weighted by Gasteiger charge is 1.96. The van der Waals surface area contributed by atoms with E-state index >= 15 is 0 Å². The number of rotatable bonds is 5. The van der Waals surface area contributed by atoms with Gasteiger partial charge in [0, 0.05) is 12.6 Å². The van der Waals surface area contributed by atoms with Crippen LogP contribution in [0.4, 0.5) is 0 Å². The second-order valence-corrected chi connectivity index (χ2v) is 3.16. The van der Waals surface area contributed by atoms with Crippen molar-refractivity contribution >= 4 is 12.1 Å². The fourth-order valence-corrected chi connectivity index (χ4v) is 0.652. The Labute approximate surface area is 74.2 Å². The molecule has 70 valence electrons. The molecule has 0 aliphatic carbocycles. The molecule has 0 saturated heterocycles. The van der Waals surface area contributed by atoms with Crippen LogP contribution in [0.15, 0.2) is 5.10 Å². The van der Waals surface area contributed by atoms with E-state index in [-0.39, 0.29) is 5.91 Å². The molecule has 0 aliphatic heterocycles. The van der Waals surface area contributed by atoms with E-state index in [0.29, 0.717) is 12.3 Å². The third-order valence-corrected chi connectivity index (χ3v) is 1.32. The predicted molar refractivity (Wildman–Crippen MR) is 51.0 cm³/mol. The minimum Gasteiger partial charge on any atom is -0.273 e. The normalized spacial score (nSPS) is 11.0. The predicted octanol–water partition coefficient (Wildman–Crippen LogP) is 1.93. The molecule has 0 fully saturated rings. The van der Waals surface area contributed by atoms with E-state index in [0.717, 1.165) is 12.8 Å². The molecule has 0 aromatic carbocycles. The highest BCUT2D eigenvalue weighted by atomic mass is 16.2. The molecule has 12 heavy (non-hydrogen) atoms. The summed E-state index contributed by atoms with van der Waals surface area (Å²) in [5.41, 5.74) is 2.48. The number of nitrogens with one attached hydrogen (secondary N) is 1. The number of amides is 1. The van der Waals surface area contributed by atoms with E-state index in [1.54, 1.807) is 6.21 Å². The summed E-state index contributed by atoms with van der Waals surface area (Å²) in [4.78, 5) is 11.0. The van der Waals surface area contributed by atoms with Crippen LogP contribution in [-0.4, -0.2) is 12.1 Å². The first kappa shape index (κ1) is 11.1. The number of hydrogen-bond donors (Lipinski definition) is 1. The molecule has 1 N–H and O–H groups in total. The Kier molecular flexibility index (Phi) is 6.34. The van der Waals surface area contributed by atoms with E-state index in [9.17, 15) is 4.79 Å². The smallest absolute Gasteiger partial charge is 0.240 e. The van der Waals surface area contributed by atoms with Gasteiger partial charge in [0.2, 0.25) is 5.91 Å². The van der Waals surface area contributed by atoms with Crippen molar-refractivity contribution in [2.75, 3.05) is 0 Å². The summed E-state index contributed by atoms with van der Waals surface area (Å²) >= 11 is 0. The zero-order valence-electron chi connectivity index (χ0n) is 8.13. The van der Waals surface area contributed by atoms with Gasteiger partial charge in [-0.15, -0.1) is 0 Å². The molecule has 0 saturated carbocycles. The van der Waals surface area contributed by atoms with Crippen LogP contribution in [0.3, 0.4) is 0 Å². The average molecular weight is 170 g/mol. The standard InChI is InChI=1S/C9H18N2O/c1-4-5-6-9(12)11-10-7-8(2)3/h7-8H,4-6H2,1-3H3,(H,11,12)/b10-7+. The summed E-state index contributed by atoms with van der Waals surface area (Å²) in [6, 6.07) is 0. The van der Waals surface area contributed by atoms with Gasteiger partial charge in [-0.3, -0.25) is 4.79 Å². The SMILES string of the molecule is CCCCC(=O)N/N=C/C(C)C. The largest absolute Gasteiger partial charge is 0.273 e. The van der Waals surface area contributed by atoms with Gasteiger partial charge < -0.3 is 0 Å². The Morgan fingerprint density at radius 2 is 2.25 bits per heavy atom. The van der Waals surface area contributed by atoms with Gasteiger partial charge in [-0.05, 0) is 12.3 Å². The van der Waals surface area contributed by atoms with Crippen molar-refractivity contribution in [2.24, 2.45) is 11.0 Å². The van der Waals surface area contributed by atoms with Crippen LogP contribution in [-0.2, 0) is 4.79 Å². The quantitative estimate of drug-likeness (QED) is 0.497. The third-order valence-electron chi connectivity index (χ3n) is 1.32. The van der Waals surface area contributed by atoms with Gasteiger partial charge in [0.05, 0.1) is 0 Å². The second kappa shape index (κ2) is 6.83. The minimum absolute atomic E-state index is 0.00810. The molecule has 0 bridgehead atoms. The molecular weight excluding hydrogens is 152 g/mol. The van der Waals surface area contributed by atoms with Crippen molar-refractivity contribution in [3.05, 3.63) is 0 Å². The molecule has 0 unspecified atom stereocenters. The molecule has 0 atom stereocenters. The zero-order valence-corrected chi connectivity index (χ0v) is 8.13. The van der Waals surface area contributed by atoms with Crippen LogP contribution in [0.25, 0.3) is 0 Å². The van der Waals surface area contributed by atoms with Crippen molar-refractivity contribution in [1.29, 1.82) is 0 Å². The van der Waals surface area contributed by atoms with Gasteiger partial charge in [0.25, 0.3) is 0 Å². The van der Waals surface area contributed by atoms with Crippen LogP contribution in [0.2, 0.25) is 0 Å². The molecule has 0 aliphatic rings. The number of nitrogens with zero attached hydrogens (tertiary/aromatic N) is 1. The Balaban J connectivity index is 3.43. The van der Waals surface area contributed by atoms with Crippen molar-refractivity contribution in [1.82, 2.24) is 5.43 Å². The lowest BCUT2D eigenvalue weighted by molar-refractivity contribution is -0.121. The topological polar surface area (TPSA) is 41.5 Å². The monoisotopic (exact) mass is 170 g/mol. The van der Waals surface area contributed by atoms with Crippen molar-refractivity contribution in [2.45, 2.75) is 40.0 Å². The zero-order chi connectivity index (χ0) is 9.40. The first-order valence-electron chi connectivity index (χ1n) is 4.48. The molecule has 0 aromatic rings. The molecule has 0 aromatic heterocycles. The van der Waals surface area contributed by atoms with Crippen LogP contribution >= 0.6 is 0 Å². The maximum absolute atomic E-state index is 11.0. The number of carbonyl (C=O) groups excluding carboxylic acids is 1. The fraction of sp³-hybridized carbons (Fsp3) is 0.778. The number of hydrogen-bond acceptors (Lipinski definition) is 2. The summed E-state index contributed by atoms with van der Waals surface area (Å²) in [6.07, 6.45) is 4.28. The maximum atomic E-state index is 11.0. The Morgan fingerprint density at radius 1 is 1.58 bits per heavy atom. The summed E-state index contributed by atoms with van der Waals surface area (Å²) in [6.45, 7) is 6.09. The van der Waals surface area contributed by atoms with Gasteiger partial charge in [0.15, 0.2) is 0 Å². The molecule has 0 spiro atoms. The lowest BCUT2D eigenvalue weighted by Gasteiger charge is -1.98. The molecular formula is C9H18N2O. The minimum atomic E-state index is 0.00810. The summed E-state index contributed by atoms with van der Waals surface area (Å²) in [7, 11) is 0. The first-order valence-corrected chi connectivity index (χ1v) is 4.48. The molecule has 0 rings (SSSR count). The maximum Gasteiger partial charge on any atom is 0.240 e. The average Bonchev–Trinajstić information content (AvgIpc) is 2.00. The first-order chi connectivity index (χ1) is 5.66. The van der Waals surface area contributed by atoms with Gasteiger partial charge in [-0.1, -0.05) is 27.2 Å². The lowest BCUT2D eigenvalue weighted by atomic mass is 10.2. The van der Waals surface area contributed by atoms with E-state index in [4.69, 9.17) is 0 Å². The Bertz CT molecular complexity index is 153. The molecule has 0 heterocycles. The van der Waals surface area contributed by atoms with Gasteiger partial charge in [-0.25, -0.2) is 5.43 Å². The molecule has 1 amide bonds. The second-order valence-electron chi connectivity index (χ2n) is 3.16. The van der Waals surface area contributed by atoms with E-state index in [1.807, 2.05) is 13.8 Å². The summed E-state index contributed by atoms with van der Waals surface area (Å²) < 4.78 is 0. The number of hydrazone groups is 1. The summed E-state index contributed by atoms with van der Waals surface area (Å²) in [5, 5.41) is 3.80. The number of unbranched alkanes of at least 4 members (excludes halogenated alkanes) is 1. The molecule has 3 nitrogen and oxygen atoms in total. The van der Waals surface area contributed by atoms with Gasteiger partial charge in [0.1, 0.15) is 0 Å². The number of carbonyl (C=O) groups is 1. The Hall–Kier alpha value is -0.860. The summed E-state index contributed by atoms with van der Waals surface area (Å²) in [5.74, 6) is 0.394. The van der Waals surface area contributed by atoms with Crippen molar-refractivity contribution < 1.29 is 4.79 Å². The van der Waals surface area contributed by atoms with Crippen LogP contribution in [0, 0.1) is 5.92 Å².